The number of anilines is 1. The van der Waals surface area contributed by atoms with Crippen molar-refractivity contribution in [3.05, 3.63) is 33.9 Å². The lowest BCUT2D eigenvalue weighted by Crippen LogP contribution is -2.25. The first-order chi connectivity index (χ1) is 9.40. The van der Waals surface area contributed by atoms with Gasteiger partial charge in [0, 0.05) is 32.3 Å². The Morgan fingerprint density at radius 1 is 1.60 bits per heavy atom. The fourth-order valence-electron chi connectivity index (χ4n) is 1.82. The van der Waals surface area contributed by atoms with Crippen molar-refractivity contribution in [3.8, 4) is 6.07 Å². The Balaban J connectivity index is 3.22. The van der Waals surface area contributed by atoms with E-state index < -0.39 is 4.92 Å². The summed E-state index contributed by atoms with van der Waals surface area (Å²) >= 11 is 0. The molecule has 106 valence electrons. The molecule has 1 N–H and O–H groups in total. The highest BCUT2D eigenvalue weighted by atomic mass is 16.6. The van der Waals surface area contributed by atoms with Gasteiger partial charge in [-0.3, -0.25) is 14.9 Å². The van der Waals surface area contributed by atoms with Crippen molar-refractivity contribution in [3.63, 3.8) is 0 Å². The smallest absolute Gasteiger partial charge is 0.292 e. The van der Waals surface area contributed by atoms with Gasteiger partial charge < -0.3 is 10.2 Å². The normalized spacial score (nSPS) is 11.3. The van der Waals surface area contributed by atoms with Gasteiger partial charge in [0.2, 0.25) is 0 Å². The van der Waals surface area contributed by atoms with Crippen LogP contribution >= 0.6 is 0 Å². The van der Waals surface area contributed by atoms with Gasteiger partial charge in [0.15, 0.2) is 0 Å². The molecule has 1 rings (SSSR count). The van der Waals surface area contributed by atoms with Crippen LogP contribution in [0.3, 0.4) is 0 Å². The standard InChI is InChI=1S/C13H16N4O3/c1-9(7-14)8-16(3)12-6-10(13(18)15-2)4-5-11(12)17(19)20/h4-6,9H,8H2,1-3H3,(H,15,18). The number of nitriles is 1. The van der Waals surface area contributed by atoms with Crippen molar-refractivity contribution in [1.82, 2.24) is 5.32 Å². The summed E-state index contributed by atoms with van der Waals surface area (Å²) in [4.78, 5) is 23.7. The van der Waals surface area contributed by atoms with Crippen LogP contribution in [0, 0.1) is 27.4 Å². The zero-order valence-electron chi connectivity index (χ0n) is 11.6. The van der Waals surface area contributed by atoms with E-state index >= 15 is 0 Å². The van der Waals surface area contributed by atoms with Gasteiger partial charge in [-0.05, 0) is 19.1 Å². The zero-order chi connectivity index (χ0) is 15.3. The van der Waals surface area contributed by atoms with Gasteiger partial charge in [-0.25, -0.2) is 0 Å². The highest BCUT2D eigenvalue weighted by molar-refractivity contribution is 5.95. The topological polar surface area (TPSA) is 99.3 Å². The molecule has 1 aromatic carbocycles. The van der Waals surface area contributed by atoms with E-state index in [9.17, 15) is 14.9 Å². The van der Waals surface area contributed by atoms with Crippen LogP contribution in [0.1, 0.15) is 17.3 Å². The Kier molecular flexibility index (Phi) is 5.03. The van der Waals surface area contributed by atoms with Gasteiger partial charge in [-0.2, -0.15) is 5.26 Å². The Bertz CT molecular complexity index is 565. The van der Waals surface area contributed by atoms with Crippen LogP contribution in [0.25, 0.3) is 0 Å². The van der Waals surface area contributed by atoms with E-state index in [-0.39, 0.29) is 17.5 Å². The SMILES string of the molecule is CNC(=O)c1ccc([N+](=O)[O-])c(N(C)CC(C)C#N)c1. The average molecular weight is 276 g/mol. The number of carbonyl (C=O) groups is 1. The molecule has 7 heteroatoms. The number of hydrogen-bond donors (Lipinski definition) is 1. The van der Waals surface area contributed by atoms with E-state index in [1.807, 2.05) is 0 Å². The number of nitrogens with zero attached hydrogens (tertiary/aromatic N) is 3. The third-order valence-electron chi connectivity index (χ3n) is 2.84. The fraction of sp³-hybridized carbons (Fsp3) is 0.385. The monoisotopic (exact) mass is 276 g/mol. The number of nitro benzene ring substituents is 1. The molecule has 0 bridgehead atoms. The molecule has 1 atom stereocenters. The highest BCUT2D eigenvalue weighted by Gasteiger charge is 2.20. The molecule has 0 aliphatic heterocycles. The van der Waals surface area contributed by atoms with Crippen LogP contribution in [0.4, 0.5) is 11.4 Å². The van der Waals surface area contributed by atoms with Crippen molar-refractivity contribution in [2.45, 2.75) is 6.92 Å². The summed E-state index contributed by atoms with van der Waals surface area (Å²) in [6.45, 7) is 2.07. The largest absolute Gasteiger partial charge is 0.368 e. The average Bonchev–Trinajstić information content (AvgIpc) is 2.45. The molecule has 0 fully saturated rings. The van der Waals surface area contributed by atoms with E-state index in [1.165, 1.54) is 25.2 Å². The summed E-state index contributed by atoms with van der Waals surface area (Å²) < 4.78 is 0. The quantitative estimate of drug-likeness (QED) is 0.649. The van der Waals surface area contributed by atoms with Crippen molar-refractivity contribution in [2.75, 3.05) is 25.5 Å². The van der Waals surface area contributed by atoms with Gasteiger partial charge in [0.1, 0.15) is 5.69 Å². The van der Waals surface area contributed by atoms with Gasteiger partial charge in [0.05, 0.1) is 16.9 Å². The first-order valence-corrected chi connectivity index (χ1v) is 6.02. The predicted molar refractivity (Wildman–Crippen MR) is 74.5 cm³/mol. The molecule has 1 unspecified atom stereocenters. The van der Waals surface area contributed by atoms with Crippen LogP contribution < -0.4 is 10.2 Å². The van der Waals surface area contributed by atoms with Crippen LogP contribution in [0.2, 0.25) is 0 Å². The van der Waals surface area contributed by atoms with E-state index in [1.54, 1.807) is 18.9 Å². The van der Waals surface area contributed by atoms with Crippen LogP contribution in [0.5, 0.6) is 0 Å². The second-order valence-electron chi connectivity index (χ2n) is 4.45. The minimum Gasteiger partial charge on any atom is -0.368 e. The lowest BCUT2D eigenvalue weighted by Gasteiger charge is -2.20. The summed E-state index contributed by atoms with van der Waals surface area (Å²) in [5.41, 5.74) is 0.563. The van der Waals surface area contributed by atoms with Crippen molar-refractivity contribution in [1.29, 1.82) is 5.26 Å². The second-order valence-corrected chi connectivity index (χ2v) is 4.45. The van der Waals surface area contributed by atoms with Gasteiger partial charge >= 0.3 is 0 Å². The second kappa shape index (κ2) is 6.52. The summed E-state index contributed by atoms with van der Waals surface area (Å²) in [6.07, 6.45) is 0. The Morgan fingerprint density at radius 3 is 2.75 bits per heavy atom. The van der Waals surface area contributed by atoms with E-state index in [0.717, 1.165) is 0 Å². The maximum Gasteiger partial charge on any atom is 0.292 e. The summed E-state index contributed by atoms with van der Waals surface area (Å²) in [5.74, 6) is -0.592. The molecule has 20 heavy (non-hydrogen) atoms. The number of amides is 1. The van der Waals surface area contributed by atoms with Crippen molar-refractivity contribution >= 4 is 17.3 Å². The number of nitrogens with one attached hydrogen (secondary N) is 1. The molecule has 0 saturated carbocycles. The summed E-state index contributed by atoms with van der Waals surface area (Å²) in [7, 11) is 3.15. The zero-order valence-corrected chi connectivity index (χ0v) is 11.6. The minimum absolute atomic E-state index is 0.0923. The minimum atomic E-state index is -0.503. The lowest BCUT2D eigenvalue weighted by molar-refractivity contribution is -0.384. The summed E-state index contributed by atoms with van der Waals surface area (Å²) in [5, 5.41) is 22.3. The molecule has 0 aliphatic rings. The number of hydrogen-bond acceptors (Lipinski definition) is 5. The maximum atomic E-state index is 11.6. The maximum absolute atomic E-state index is 11.6. The van der Waals surface area contributed by atoms with Crippen LogP contribution in [-0.4, -0.2) is 31.5 Å². The molecular weight excluding hydrogens is 260 g/mol. The molecular formula is C13H16N4O3. The van der Waals surface area contributed by atoms with Crippen LogP contribution in [-0.2, 0) is 0 Å². The number of nitro groups is 1. The Hall–Kier alpha value is -2.62. The summed E-state index contributed by atoms with van der Waals surface area (Å²) in [6, 6.07) is 6.24. The molecule has 1 aromatic rings. The molecule has 0 spiro atoms. The Labute approximate surface area is 117 Å². The predicted octanol–water partition coefficient (Wildman–Crippen LogP) is 1.55. The van der Waals surface area contributed by atoms with E-state index in [2.05, 4.69) is 11.4 Å². The molecule has 1 amide bonds. The number of benzene rings is 1. The lowest BCUT2D eigenvalue weighted by atomic mass is 10.1. The molecule has 0 saturated heterocycles. The molecule has 7 nitrogen and oxygen atoms in total. The van der Waals surface area contributed by atoms with E-state index in [0.29, 0.717) is 17.8 Å². The van der Waals surface area contributed by atoms with Gasteiger partial charge in [-0.1, -0.05) is 0 Å². The first kappa shape index (κ1) is 15.4. The number of carbonyl (C=O) groups excluding carboxylic acids is 1. The molecule has 0 radical (unpaired) electrons. The third-order valence-corrected chi connectivity index (χ3v) is 2.84. The Morgan fingerprint density at radius 2 is 2.25 bits per heavy atom. The molecule has 0 aromatic heterocycles. The fourth-order valence-corrected chi connectivity index (χ4v) is 1.82. The van der Waals surface area contributed by atoms with Crippen molar-refractivity contribution < 1.29 is 9.72 Å². The van der Waals surface area contributed by atoms with Gasteiger partial charge in [0.25, 0.3) is 11.6 Å². The molecule has 0 aliphatic carbocycles. The van der Waals surface area contributed by atoms with Crippen molar-refractivity contribution in [2.24, 2.45) is 5.92 Å². The third kappa shape index (κ3) is 3.45. The number of rotatable bonds is 5. The van der Waals surface area contributed by atoms with E-state index in [4.69, 9.17) is 5.26 Å². The molecule has 0 heterocycles. The van der Waals surface area contributed by atoms with Crippen LogP contribution in [0.15, 0.2) is 18.2 Å². The van der Waals surface area contributed by atoms with Gasteiger partial charge in [-0.15, -0.1) is 0 Å². The highest BCUT2D eigenvalue weighted by Crippen LogP contribution is 2.29. The first-order valence-electron chi connectivity index (χ1n) is 6.02.